The highest BCUT2D eigenvalue weighted by Crippen LogP contribution is 2.60. The summed E-state index contributed by atoms with van der Waals surface area (Å²) in [5.41, 5.74) is 3.14. The quantitative estimate of drug-likeness (QED) is 0.219. The van der Waals surface area contributed by atoms with E-state index in [-0.39, 0.29) is 53.3 Å². The lowest BCUT2D eigenvalue weighted by Gasteiger charge is -2.45. The number of primary amides is 1. The summed E-state index contributed by atoms with van der Waals surface area (Å²) in [5, 5.41) is 9.63. The maximum atomic E-state index is 16.5. The van der Waals surface area contributed by atoms with Crippen molar-refractivity contribution in [3.63, 3.8) is 0 Å². The number of carbonyl (C=O) groups excluding carboxylic acids is 1. The zero-order valence-corrected chi connectivity index (χ0v) is 27.4. The molecule has 0 radical (unpaired) electrons. The van der Waals surface area contributed by atoms with Crippen molar-refractivity contribution in [1.82, 2.24) is 0 Å². The molecule has 9 nitrogen and oxygen atoms in total. The number of nitrogens with two attached hydrogens (primary N) is 1. The molecular weight excluding hydrogens is 634 g/mol. The van der Waals surface area contributed by atoms with E-state index in [1.807, 2.05) is 26.8 Å². The van der Waals surface area contributed by atoms with Gasteiger partial charge in [0.1, 0.15) is 24.3 Å². The van der Waals surface area contributed by atoms with Crippen LogP contribution in [-0.4, -0.2) is 45.4 Å². The molecule has 0 saturated carbocycles. The van der Waals surface area contributed by atoms with E-state index >= 15 is 8.78 Å². The number of ether oxygens (including phenoxy) is 6. The van der Waals surface area contributed by atoms with Gasteiger partial charge in [-0.1, -0.05) is 62.7 Å². The van der Waals surface area contributed by atoms with Crippen LogP contribution in [-0.2, 0) is 24.5 Å². The van der Waals surface area contributed by atoms with E-state index < -0.39 is 46.0 Å². The monoisotopic (exact) mass is 670 g/mol. The molecule has 1 fully saturated rings. The number of amides is 1. The van der Waals surface area contributed by atoms with Crippen LogP contribution in [0.15, 0.2) is 48.5 Å². The predicted molar refractivity (Wildman–Crippen MR) is 169 cm³/mol. The topological polar surface area (TPSA) is 122 Å². The minimum Gasteiger partial charge on any atom is -0.488 e. The molecule has 0 aromatic heterocycles. The Hall–Kier alpha value is -3.95. The second kappa shape index (κ2) is 14.0. The molecule has 2 N–H and O–H groups in total. The first-order chi connectivity index (χ1) is 22.4. The van der Waals surface area contributed by atoms with Crippen LogP contribution in [0.5, 0.6) is 11.5 Å². The molecule has 1 amide bonds. The van der Waals surface area contributed by atoms with Crippen LogP contribution in [0.1, 0.15) is 62.8 Å². The summed E-state index contributed by atoms with van der Waals surface area (Å²) in [7, 11) is 1.39. The van der Waals surface area contributed by atoms with Crippen LogP contribution in [0.4, 0.5) is 13.6 Å². The molecule has 2 aliphatic rings. The lowest BCUT2D eigenvalue weighted by atomic mass is 9.71. The van der Waals surface area contributed by atoms with Gasteiger partial charge >= 0.3 is 6.09 Å². The Kier molecular flexibility index (Phi) is 10.3. The summed E-state index contributed by atoms with van der Waals surface area (Å²) in [5.74, 6) is -2.12. The van der Waals surface area contributed by atoms with Crippen molar-refractivity contribution >= 4 is 17.7 Å². The zero-order chi connectivity index (χ0) is 33.9. The third-order valence-corrected chi connectivity index (χ3v) is 8.65. The maximum Gasteiger partial charge on any atom is 0.404 e. The average Bonchev–Trinajstić information content (AvgIpc) is 3.37. The standard InChI is InChI=1S/C35H37ClF2N2O7/c1-34(2,3)32(46-33(40)41)35(21-10-6-5-7-11-21)31(42-4)27-24(47-35)18-22(37)29(36)28(27)26-20(19-39)13-14-23(30(26)38)43-16-17-45-25-12-8-9-15-44-25/h5-7,10-11,13-14,18,25,31-32H,8-9,12,15-17H2,1-4H3,(H2,40,41)/t25-,31-,32?,35+/m0/s1. The first-order valence-corrected chi connectivity index (χ1v) is 15.7. The first kappa shape index (κ1) is 34.4. The van der Waals surface area contributed by atoms with E-state index in [9.17, 15) is 10.1 Å². The number of fused-ring (bicyclic) bond motifs is 1. The predicted octanol–water partition coefficient (Wildman–Crippen LogP) is 7.56. The molecule has 47 heavy (non-hydrogen) atoms. The summed E-state index contributed by atoms with van der Waals surface area (Å²) in [6, 6.07) is 14.5. The molecule has 3 aromatic rings. The van der Waals surface area contributed by atoms with Gasteiger partial charge in [-0.05, 0) is 31.4 Å². The Morgan fingerprint density at radius 3 is 2.51 bits per heavy atom. The molecule has 4 atom stereocenters. The molecule has 0 spiro atoms. The molecule has 0 bridgehead atoms. The summed E-state index contributed by atoms with van der Waals surface area (Å²) in [4.78, 5) is 12.3. The van der Waals surface area contributed by atoms with Crippen molar-refractivity contribution < 1.29 is 42.0 Å². The van der Waals surface area contributed by atoms with Crippen molar-refractivity contribution in [1.29, 1.82) is 5.26 Å². The van der Waals surface area contributed by atoms with Crippen LogP contribution in [0.2, 0.25) is 5.02 Å². The van der Waals surface area contributed by atoms with Gasteiger partial charge in [-0.25, -0.2) is 13.6 Å². The number of benzene rings is 3. The van der Waals surface area contributed by atoms with Gasteiger partial charge in [0, 0.05) is 47.5 Å². The van der Waals surface area contributed by atoms with Gasteiger partial charge in [-0.15, -0.1) is 0 Å². The smallest absolute Gasteiger partial charge is 0.404 e. The van der Waals surface area contributed by atoms with Crippen molar-refractivity contribution in [2.75, 3.05) is 26.9 Å². The number of hydrogen-bond donors (Lipinski definition) is 1. The normalized spacial score (nSPS) is 21.3. The Morgan fingerprint density at radius 2 is 1.89 bits per heavy atom. The van der Waals surface area contributed by atoms with E-state index in [4.69, 9.17) is 45.8 Å². The van der Waals surface area contributed by atoms with Crippen LogP contribution >= 0.6 is 11.6 Å². The van der Waals surface area contributed by atoms with E-state index in [2.05, 4.69) is 0 Å². The summed E-state index contributed by atoms with van der Waals surface area (Å²) in [6.45, 7) is 6.17. The van der Waals surface area contributed by atoms with Gasteiger partial charge in [-0.3, -0.25) is 0 Å². The molecule has 2 aliphatic heterocycles. The average molecular weight is 671 g/mol. The number of methoxy groups -OCH3 is 1. The summed E-state index contributed by atoms with van der Waals surface area (Å²) < 4.78 is 67.7. The molecular formula is C35H37ClF2N2O7. The van der Waals surface area contributed by atoms with Gasteiger partial charge in [-0.2, -0.15) is 5.26 Å². The number of rotatable bonds is 10. The molecule has 3 aromatic carbocycles. The lowest BCUT2D eigenvalue weighted by molar-refractivity contribution is -0.165. The number of halogens is 3. The largest absolute Gasteiger partial charge is 0.488 e. The minimum atomic E-state index is -1.66. The fourth-order valence-electron chi connectivity index (χ4n) is 6.40. The second-order valence-corrected chi connectivity index (χ2v) is 12.8. The van der Waals surface area contributed by atoms with Crippen molar-refractivity contribution in [2.45, 2.75) is 64.1 Å². The van der Waals surface area contributed by atoms with Crippen molar-refractivity contribution in [2.24, 2.45) is 11.1 Å². The Bertz CT molecular complexity index is 1650. The molecule has 1 unspecified atom stereocenters. The number of carbonyl (C=O) groups is 1. The Morgan fingerprint density at radius 1 is 1.15 bits per heavy atom. The lowest BCUT2D eigenvalue weighted by Crippen LogP contribution is -2.55. The number of nitrogens with zero attached hydrogens (tertiary/aromatic N) is 1. The van der Waals surface area contributed by atoms with Gasteiger partial charge in [0.05, 0.1) is 23.3 Å². The number of hydrogen-bond acceptors (Lipinski definition) is 8. The SMILES string of the molecule is CO[C@H]1c2c(cc(F)c(Cl)c2-c2c(C#N)ccc(OCCO[C@H]3CCCCO3)c2F)O[C@@]1(c1ccccc1)C(OC(N)=O)C(C)(C)C. The zero-order valence-electron chi connectivity index (χ0n) is 26.6. The fraction of sp³-hybridized carbons (Fsp3) is 0.429. The number of nitriles is 1. The van der Waals surface area contributed by atoms with Crippen LogP contribution in [0.3, 0.4) is 0 Å². The van der Waals surface area contributed by atoms with E-state index in [1.165, 1.54) is 19.2 Å². The second-order valence-electron chi connectivity index (χ2n) is 12.4. The molecule has 0 aliphatic carbocycles. The molecule has 12 heteroatoms. The van der Waals surface area contributed by atoms with Crippen LogP contribution < -0.4 is 15.2 Å². The highest BCUT2D eigenvalue weighted by atomic mass is 35.5. The van der Waals surface area contributed by atoms with Crippen molar-refractivity contribution in [3.05, 3.63) is 81.9 Å². The fourth-order valence-corrected chi connectivity index (χ4v) is 6.65. The maximum absolute atomic E-state index is 16.5. The van der Waals surface area contributed by atoms with Gasteiger partial charge < -0.3 is 34.2 Å². The highest BCUT2D eigenvalue weighted by molar-refractivity contribution is 6.34. The molecule has 2 heterocycles. The third-order valence-electron chi connectivity index (χ3n) is 8.28. The van der Waals surface area contributed by atoms with E-state index in [0.717, 1.165) is 25.3 Å². The minimum absolute atomic E-state index is 0.0181. The van der Waals surface area contributed by atoms with Crippen molar-refractivity contribution in [3.8, 4) is 28.7 Å². The molecule has 250 valence electrons. The van der Waals surface area contributed by atoms with E-state index in [0.29, 0.717) is 12.2 Å². The van der Waals surface area contributed by atoms with E-state index in [1.54, 1.807) is 30.3 Å². The summed E-state index contributed by atoms with van der Waals surface area (Å²) >= 11 is 6.65. The highest BCUT2D eigenvalue weighted by Gasteiger charge is 2.62. The van der Waals surface area contributed by atoms with Gasteiger partial charge in [0.2, 0.25) is 5.60 Å². The third kappa shape index (κ3) is 6.61. The molecule has 5 rings (SSSR count). The van der Waals surface area contributed by atoms with Gasteiger partial charge in [0.15, 0.2) is 24.0 Å². The van der Waals surface area contributed by atoms with Crippen LogP contribution in [0.25, 0.3) is 11.1 Å². The summed E-state index contributed by atoms with van der Waals surface area (Å²) in [6.07, 6.45) is -0.999. The molecule has 1 saturated heterocycles. The first-order valence-electron chi connectivity index (χ1n) is 15.3. The van der Waals surface area contributed by atoms with Gasteiger partial charge in [0.25, 0.3) is 0 Å². The Balaban J connectivity index is 1.66. The van der Waals surface area contributed by atoms with Crippen LogP contribution in [0, 0.1) is 28.4 Å². The Labute approximate surface area is 277 Å².